The predicted molar refractivity (Wildman–Crippen MR) is 101 cm³/mol. The molecule has 0 aliphatic carbocycles. The summed E-state index contributed by atoms with van der Waals surface area (Å²) in [7, 11) is 0. The van der Waals surface area contributed by atoms with Gasteiger partial charge in [-0.25, -0.2) is 0 Å². The Morgan fingerprint density at radius 3 is 2.57 bits per heavy atom. The third-order valence-electron chi connectivity index (χ3n) is 3.52. The van der Waals surface area contributed by atoms with Crippen LogP contribution in [0.2, 0.25) is 0 Å². The molecule has 1 rings (SSSR count). The highest BCUT2D eigenvalue weighted by molar-refractivity contribution is 14.1. The maximum Gasteiger partial charge on any atom is 0.0721 e. The van der Waals surface area contributed by atoms with Crippen molar-refractivity contribution in [2.24, 2.45) is 0 Å². The van der Waals surface area contributed by atoms with Crippen molar-refractivity contribution >= 4 is 22.6 Å². The van der Waals surface area contributed by atoms with Crippen molar-refractivity contribution in [1.29, 1.82) is 0 Å². The fourth-order valence-corrected chi connectivity index (χ4v) is 2.75. The molecular formula is C19H29IO. The number of alkyl halides is 1. The molecule has 0 unspecified atom stereocenters. The van der Waals surface area contributed by atoms with Gasteiger partial charge in [-0.2, -0.15) is 0 Å². The molecule has 0 saturated carbocycles. The van der Waals surface area contributed by atoms with Crippen LogP contribution in [0.5, 0.6) is 0 Å². The minimum atomic E-state index is 0.714. The number of hydrogen-bond acceptors (Lipinski definition) is 1. The van der Waals surface area contributed by atoms with E-state index in [1.54, 1.807) is 0 Å². The van der Waals surface area contributed by atoms with Gasteiger partial charge in [0.25, 0.3) is 0 Å². The van der Waals surface area contributed by atoms with Gasteiger partial charge >= 0.3 is 0 Å². The maximum atomic E-state index is 5.69. The first-order valence-corrected chi connectivity index (χ1v) is 9.76. The fourth-order valence-electron chi connectivity index (χ4n) is 2.28. The van der Waals surface area contributed by atoms with E-state index in [1.165, 1.54) is 56.1 Å². The quantitative estimate of drug-likeness (QED) is 0.170. The third-order valence-corrected chi connectivity index (χ3v) is 4.40. The lowest BCUT2D eigenvalue weighted by atomic mass is 10.1. The van der Waals surface area contributed by atoms with Gasteiger partial charge in [-0.1, -0.05) is 98.0 Å². The van der Waals surface area contributed by atoms with Crippen molar-refractivity contribution in [2.45, 2.75) is 62.9 Å². The zero-order chi connectivity index (χ0) is 15.2. The topological polar surface area (TPSA) is 9.23 Å². The van der Waals surface area contributed by atoms with E-state index in [1.807, 2.05) is 0 Å². The first kappa shape index (κ1) is 18.7. The molecule has 0 fully saturated rings. The summed E-state index contributed by atoms with van der Waals surface area (Å²) in [5.41, 5.74) is 2.64. The second kappa shape index (κ2) is 13.3. The molecule has 1 aromatic rings. The van der Waals surface area contributed by atoms with Gasteiger partial charge in [-0.15, -0.1) is 0 Å². The first-order valence-electron chi connectivity index (χ1n) is 8.23. The van der Waals surface area contributed by atoms with Crippen LogP contribution in [0.25, 0.3) is 0 Å². The zero-order valence-electron chi connectivity index (χ0n) is 13.3. The molecule has 0 aromatic heterocycles. The molecule has 21 heavy (non-hydrogen) atoms. The summed E-state index contributed by atoms with van der Waals surface area (Å²) in [5, 5.41) is 0. The molecule has 0 amide bonds. The standard InChI is InChI=1S/C19H29IO/c1-2-3-4-5-6-7-8-9-10-14-21-17-19-13-11-12-18(15-19)16-20/h9-13,15H,2-8,14,16-17H2,1H3/b10-9-. The number of rotatable bonds is 12. The maximum absolute atomic E-state index is 5.69. The van der Waals surface area contributed by atoms with Gasteiger partial charge in [-0.05, 0) is 24.0 Å². The molecule has 0 spiro atoms. The van der Waals surface area contributed by atoms with Crippen LogP contribution >= 0.6 is 22.6 Å². The van der Waals surface area contributed by atoms with Crippen molar-refractivity contribution in [3.05, 3.63) is 47.5 Å². The van der Waals surface area contributed by atoms with Crippen molar-refractivity contribution in [3.8, 4) is 0 Å². The van der Waals surface area contributed by atoms with Crippen molar-refractivity contribution in [2.75, 3.05) is 6.61 Å². The Kier molecular flexibility index (Phi) is 11.9. The van der Waals surface area contributed by atoms with Crippen LogP contribution in [0.15, 0.2) is 36.4 Å². The largest absolute Gasteiger partial charge is 0.373 e. The van der Waals surface area contributed by atoms with E-state index in [2.05, 4.69) is 65.9 Å². The Morgan fingerprint density at radius 1 is 1.00 bits per heavy atom. The predicted octanol–water partition coefficient (Wildman–Crippen LogP) is 6.45. The summed E-state index contributed by atoms with van der Waals surface area (Å²) >= 11 is 2.39. The van der Waals surface area contributed by atoms with Gasteiger partial charge < -0.3 is 4.74 Å². The highest BCUT2D eigenvalue weighted by atomic mass is 127. The highest BCUT2D eigenvalue weighted by Crippen LogP contribution is 2.10. The molecule has 1 aromatic carbocycles. The fraction of sp³-hybridized carbons (Fsp3) is 0.579. The van der Waals surface area contributed by atoms with Gasteiger partial charge in [0.2, 0.25) is 0 Å². The first-order chi connectivity index (χ1) is 10.4. The van der Waals surface area contributed by atoms with Gasteiger partial charge in [-0.3, -0.25) is 0 Å². The second-order valence-corrected chi connectivity index (χ2v) is 6.26. The number of allylic oxidation sites excluding steroid dienone is 1. The zero-order valence-corrected chi connectivity index (χ0v) is 15.5. The summed E-state index contributed by atoms with van der Waals surface area (Å²) in [6.45, 7) is 3.71. The molecule has 0 heterocycles. The van der Waals surface area contributed by atoms with Crippen LogP contribution < -0.4 is 0 Å². The Hall–Kier alpha value is -0.350. The Morgan fingerprint density at radius 2 is 1.76 bits per heavy atom. The molecular weight excluding hydrogens is 371 g/mol. The summed E-state index contributed by atoms with van der Waals surface area (Å²) in [6, 6.07) is 8.64. The van der Waals surface area contributed by atoms with Crippen molar-refractivity contribution in [3.63, 3.8) is 0 Å². The molecule has 0 atom stereocenters. The van der Waals surface area contributed by atoms with Gasteiger partial charge in [0.1, 0.15) is 0 Å². The number of halogens is 1. The minimum Gasteiger partial charge on any atom is -0.373 e. The lowest BCUT2D eigenvalue weighted by molar-refractivity contribution is 0.148. The van der Waals surface area contributed by atoms with Crippen LogP contribution in [0.3, 0.4) is 0 Å². The summed E-state index contributed by atoms with van der Waals surface area (Å²) in [4.78, 5) is 0. The number of unbranched alkanes of at least 4 members (excludes halogenated alkanes) is 6. The third kappa shape index (κ3) is 10.1. The average molecular weight is 400 g/mol. The van der Waals surface area contributed by atoms with Gasteiger partial charge in [0, 0.05) is 4.43 Å². The summed E-state index contributed by atoms with van der Waals surface area (Å²) in [5.74, 6) is 0. The summed E-state index contributed by atoms with van der Waals surface area (Å²) in [6.07, 6.45) is 13.8. The Balaban J connectivity index is 1.99. The second-order valence-electron chi connectivity index (χ2n) is 5.50. The Bertz CT molecular complexity index is 387. The van der Waals surface area contributed by atoms with Crippen LogP contribution in [-0.4, -0.2) is 6.61 Å². The average Bonchev–Trinajstić information content (AvgIpc) is 2.53. The normalized spacial score (nSPS) is 11.3. The molecule has 0 aliphatic rings. The van der Waals surface area contributed by atoms with Crippen LogP contribution in [0.4, 0.5) is 0 Å². The molecule has 1 nitrogen and oxygen atoms in total. The van der Waals surface area contributed by atoms with Crippen LogP contribution in [0, 0.1) is 0 Å². The SMILES string of the molecule is CCCCCCCC/C=C\COCc1cccc(CI)c1. The van der Waals surface area contributed by atoms with Gasteiger partial charge in [0.15, 0.2) is 0 Å². The lowest BCUT2D eigenvalue weighted by Gasteiger charge is -2.03. The number of benzene rings is 1. The number of ether oxygens (including phenoxy) is 1. The van der Waals surface area contributed by atoms with E-state index in [9.17, 15) is 0 Å². The molecule has 0 radical (unpaired) electrons. The smallest absolute Gasteiger partial charge is 0.0721 e. The van der Waals surface area contributed by atoms with Crippen LogP contribution in [-0.2, 0) is 15.8 Å². The van der Waals surface area contributed by atoms with Crippen molar-refractivity contribution in [1.82, 2.24) is 0 Å². The van der Waals surface area contributed by atoms with Crippen LogP contribution in [0.1, 0.15) is 63.0 Å². The Labute approximate surface area is 144 Å². The minimum absolute atomic E-state index is 0.714. The lowest BCUT2D eigenvalue weighted by Crippen LogP contribution is -1.93. The van der Waals surface area contributed by atoms with E-state index in [0.29, 0.717) is 6.61 Å². The molecule has 0 N–H and O–H groups in total. The van der Waals surface area contributed by atoms with E-state index >= 15 is 0 Å². The molecule has 0 saturated heterocycles. The van der Waals surface area contributed by atoms with Crippen molar-refractivity contribution < 1.29 is 4.74 Å². The highest BCUT2D eigenvalue weighted by Gasteiger charge is 1.94. The van der Waals surface area contributed by atoms with E-state index in [0.717, 1.165) is 11.0 Å². The van der Waals surface area contributed by atoms with E-state index in [-0.39, 0.29) is 0 Å². The number of hydrogen-bond donors (Lipinski definition) is 0. The summed E-state index contributed by atoms with van der Waals surface area (Å²) < 4.78 is 6.75. The van der Waals surface area contributed by atoms with E-state index < -0.39 is 0 Å². The van der Waals surface area contributed by atoms with E-state index in [4.69, 9.17) is 4.74 Å². The monoisotopic (exact) mass is 400 g/mol. The molecule has 118 valence electrons. The molecule has 2 heteroatoms. The van der Waals surface area contributed by atoms with Gasteiger partial charge in [0.05, 0.1) is 13.2 Å². The molecule has 0 aliphatic heterocycles. The molecule has 0 bridgehead atoms.